The molecule has 0 aliphatic carbocycles. The van der Waals surface area contributed by atoms with Gasteiger partial charge >= 0.3 is 5.97 Å². The third kappa shape index (κ3) is 3.07. The van der Waals surface area contributed by atoms with E-state index in [-0.39, 0.29) is 35.0 Å². The van der Waals surface area contributed by atoms with Crippen LogP contribution in [0.1, 0.15) is 12.5 Å². The number of anilines is 1. The molecule has 2 N–H and O–H groups in total. The Kier molecular flexibility index (Phi) is 4.28. The lowest BCUT2D eigenvalue weighted by atomic mass is 10.1. The number of hydrogen-bond donors (Lipinski definition) is 1. The molecule has 6 nitrogen and oxygen atoms in total. The van der Waals surface area contributed by atoms with Gasteiger partial charge in [0.25, 0.3) is 5.69 Å². The van der Waals surface area contributed by atoms with Crippen molar-refractivity contribution in [2.24, 2.45) is 0 Å². The van der Waals surface area contributed by atoms with Crippen LogP contribution >= 0.6 is 11.6 Å². The van der Waals surface area contributed by atoms with Crippen molar-refractivity contribution in [2.45, 2.75) is 13.3 Å². The number of halogens is 1. The Morgan fingerprint density at radius 3 is 2.76 bits per heavy atom. The Hall–Kier alpha value is -1.82. The van der Waals surface area contributed by atoms with E-state index in [1.807, 2.05) is 0 Å². The van der Waals surface area contributed by atoms with Gasteiger partial charge in [0.15, 0.2) is 0 Å². The number of rotatable bonds is 4. The van der Waals surface area contributed by atoms with Gasteiger partial charge in [0.2, 0.25) is 0 Å². The SMILES string of the molecule is CCOC(=O)Cc1c(N)ccc([N+](=O)[O-])c1Cl. The van der Waals surface area contributed by atoms with E-state index in [2.05, 4.69) is 0 Å². The minimum Gasteiger partial charge on any atom is -0.466 e. The molecule has 1 aromatic rings. The Morgan fingerprint density at radius 2 is 2.24 bits per heavy atom. The normalized spacial score (nSPS) is 10.0. The molecule has 0 saturated carbocycles. The zero-order valence-electron chi connectivity index (χ0n) is 9.10. The summed E-state index contributed by atoms with van der Waals surface area (Å²) < 4.78 is 4.73. The van der Waals surface area contributed by atoms with Crippen molar-refractivity contribution in [3.8, 4) is 0 Å². The molecule has 0 aliphatic rings. The van der Waals surface area contributed by atoms with E-state index in [9.17, 15) is 14.9 Å². The maximum absolute atomic E-state index is 11.3. The topological polar surface area (TPSA) is 95.5 Å². The van der Waals surface area contributed by atoms with Crippen LogP contribution in [0.3, 0.4) is 0 Å². The molecule has 0 aliphatic heterocycles. The number of nitrogens with zero attached hydrogens (tertiary/aromatic N) is 1. The number of benzene rings is 1. The number of nitro benzene ring substituents is 1. The van der Waals surface area contributed by atoms with Crippen molar-refractivity contribution >= 4 is 28.9 Å². The molecule has 0 heterocycles. The average Bonchev–Trinajstić information content (AvgIpc) is 2.24. The summed E-state index contributed by atoms with van der Waals surface area (Å²) in [6.07, 6.45) is -0.180. The molecule has 0 amide bonds. The first-order valence-electron chi connectivity index (χ1n) is 4.84. The third-order valence-corrected chi connectivity index (χ3v) is 2.50. The van der Waals surface area contributed by atoms with Crippen LogP contribution in [0.5, 0.6) is 0 Å². The van der Waals surface area contributed by atoms with E-state index in [1.165, 1.54) is 12.1 Å². The van der Waals surface area contributed by atoms with Crippen LogP contribution in [0.15, 0.2) is 12.1 Å². The fourth-order valence-corrected chi connectivity index (χ4v) is 1.61. The number of nitrogen functional groups attached to an aromatic ring is 1. The molecule has 0 bridgehead atoms. The molecule has 1 rings (SSSR count). The number of carbonyl (C=O) groups is 1. The van der Waals surface area contributed by atoms with Crippen LogP contribution in [0.4, 0.5) is 11.4 Å². The molecule has 92 valence electrons. The van der Waals surface area contributed by atoms with E-state index >= 15 is 0 Å². The summed E-state index contributed by atoms with van der Waals surface area (Å²) in [6, 6.07) is 2.55. The summed E-state index contributed by atoms with van der Waals surface area (Å²) in [7, 11) is 0. The van der Waals surface area contributed by atoms with Crippen LogP contribution in [0, 0.1) is 10.1 Å². The van der Waals surface area contributed by atoms with E-state index < -0.39 is 10.9 Å². The van der Waals surface area contributed by atoms with E-state index in [0.29, 0.717) is 0 Å². The summed E-state index contributed by atoms with van der Waals surface area (Å²) in [5, 5.41) is 10.5. The highest BCUT2D eigenvalue weighted by Crippen LogP contribution is 2.32. The van der Waals surface area contributed by atoms with Gasteiger partial charge in [0, 0.05) is 17.3 Å². The second-order valence-electron chi connectivity index (χ2n) is 3.21. The van der Waals surface area contributed by atoms with Crippen molar-refractivity contribution in [1.82, 2.24) is 0 Å². The number of nitro groups is 1. The molecule has 0 aromatic heterocycles. The Labute approximate surface area is 102 Å². The fourth-order valence-electron chi connectivity index (χ4n) is 1.30. The van der Waals surface area contributed by atoms with Crippen molar-refractivity contribution in [2.75, 3.05) is 12.3 Å². The summed E-state index contributed by atoms with van der Waals surface area (Å²) in [4.78, 5) is 21.3. The fraction of sp³-hybridized carbons (Fsp3) is 0.300. The maximum atomic E-state index is 11.3. The monoisotopic (exact) mass is 258 g/mol. The van der Waals surface area contributed by atoms with Crippen LogP contribution in [0.25, 0.3) is 0 Å². The van der Waals surface area contributed by atoms with Crippen LogP contribution in [0.2, 0.25) is 5.02 Å². The molecule has 0 radical (unpaired) electrons. The van der Waals surface area contributed by atoms with E-state index in [4.69, 9.17) is 22.1 Å². The molecule has 17 heavy (non-hydrogen) atoms. The van der Waals surface area contributed by atoms with Crippen LogP contribution in [-0.4, -0.2) is 17.5 Å². The van der Waals surface area contributed by atoms with Gasteiger partial charge in [-0.1, -0.05) is 11.6 Å². The third-order valence-electron chi connectivity index (χ3n) is 2.08. The molecule has 0 atom stereocenters. The van der Waals surface area contributed by atoms with E-state index in [0.717, 1.165) is 0 Å². The minimum atomic E-state index is -0.629. The summed E-state index contributed by atoms with van der Waals surface area (Å²) in [5.74, 6) is -0.526. The van der Waals surface area contributed by atoms with Crippen molar-refractivity contribution in [1.29, 1.82) is 0 Å². The standard InChI is InChI=1S/C10H11ClN2O4/c1-2-17-9(14)5-6-7(12)3-4-8(10(6)11)13(15)16/h3-4H,2,5,12H2,1H3. The van der Waals surface area contributed by atoms with Crippen LogP contribution in [-0.2, 0) is 16.0 Å². The molecule has 0 spiro atoms. The first-order chi connectivity index (χ1) is 7.97. The highest BCUT2D eigenvalue weighted by Gasteiger charge is 2.20. The quantitative estimate of drug-likeness (QED) is 0.385. The summed E-state index contributed by atoms with van der Waals surface area (Å²) in [6.45, 7) is 1.89. The average molecular weight is 259 g/mol. The maximum Gasteiger partial charge on any atom is 0.310 e. The molecule has 1 aromatic carbocycles. The first kappa shape index (κ1) is 13.2. The number of nitrogens with two attached hydrogens (primary N) is 1. The molecular weight excluding hydrogens is 248 g/mol. The van der Waals surface area contributed by atoms with Gasteiger partial charge in [0.05, 0.1) is 18.0 Å². The predicted molar refractivity (Wildman–Crippen MR) is 62.9 cm³/mol. The molecule has 0 fully saturated rings. The number of carbonyl (C=O) groups excluding carboxylic acids is 1. The van der Waals surface area contributed by atoms with Crippen molar-refractivity contribution in [3.63, 3.8) is 0 Å². The number of hydrogen-bond acceptors (Lipinski definition) is 5. The van der Waals surface area contributed by atoms with E-state index in [1.54, 1.807) is 6.92 Å². The van der Waals surface area contributed by atoms with Crippen molar-refractivity contribution < 1.29 is 14.5 Å². The lowest BCUT2D eigenvalue weighted by Gasteiger charge is -2.07. The smallest absolute Gasteiger partial charge is 0.310 e. The molecule has 7 heteroatoms. The Balaban J connectivity index is 3.09. The summed E-state index contributed by atoms with van der Waals surface area (Å²) >= 11 is 5.82. The number of ether oxygens (including phenoxy) is 1. The van der Waals surface area contributed by atoms with Gasteiger partial charge in [-0.05, 0) is 13.0 Å². The zero-order valence-corrected chi connectivity index (χ0v) is 9.86. The highest BCUT2D eigenvalue weighted by atomic mass is 35.5. The second kappa shape index (κ2) is 5.49. The Morgan fingerprint density at radius 1 is 1.59 bits per heavy atom. The predicted octanol–water partition coefficient (Wildman–Crippen LogP) is 1.94. The number of esters is 1. The summed E-state index contributed by atoms with van der Waals surface area (Å²) in [5.41, 5.74) is 5.79. The Bertz CT molecular complexity index is 462. The van der Waals surface area contributed by atoms with Gasteiger partial charge in [-0.15, -0.1) is 0 Å². The first-order valence-corrected chi connectivity index (χ1v) is 5.22. The van der Waals surface area contributed by atoms with Gasteiger partial charge in [-0.25, -0.2) is 0 Å². The van der Waals surface area contributed by atoms with Gasteiger partial charge in [-0.2, -0.15) is 0 Å². The molecular formula is C10H11ClN2O4. The van der Waals surface area contributed by atoms with Gasteiger partial charge < -0.3 is 10.5 Å². The molecule has 0 saturated heterocycles. The molecule has 0 unspecified atom stereocenters. The largest absolute Gasteiger partial charge is 0.466 e. The second-order valence-corrected chi connectivity index (χ2v) is 3.58. The lowest BCUT2D eigenvalue weighted by molar-refractivity contribution is -0.384. The van der Waals surface area contributed by atoms with Gasteiger partial charge in [0.1, 0.15) is 5.02 Å². The van der Waals surface area contributed by atoms with Gasteiger partial charge in [-0.3, -0.25) is 14.9 Å². The zero-order chi connectivity index (χ0) is 13.0. The lowest BCUT2D eigenvalue weighted by Crippen LogP contribution is -2.10. The highest BCUT2D eigenvalue weighted by molar-refractivity contribution is 6.34. The van der Waals surface area contributed by atoms with Crippen molar-refractivity contribution in [3.05, 3.63) is 32.8 Å². The van der Waals surface area contributed by atoms with Crippen LogP contribution < -0.4 is 5.73 Å². The minimum absolute atomic E-state index is 0.122.